The maximum absolute atomic E-state index is 13.3. The third-order valence-corrected chi connectivity index (χ3v) is 3.56. The Labute approximate surface area is 121 Å². The zero-order valence-electron chi connectivity index (χ0n) is 10.2. The minimum atomic E-state index is -0.515. The summed E-state index contributed by atoms with van der Waals surface area (Å²) in [5.41, 5.74) is 2.01. The molecule has 0 atom stereocenters. The van der Waals surface area contributed by atoms with Crippen molar-refractivity contribution in [2.45, 2.75) is 13.3 Å². The minimum Gasteiger partial charge on any atom is -0.294 e. The number of Topliss-reactive ketones (excluding diaryl/α,β-unsaturated/α-hetero) is 1. The van der Waals surface area contributed by atoms with E-state index in [4.69, 9.17) is 23.2 Å². The van der Waals surface area contributed by atoms with Gasteiger partial charge in [-0.05, 0) is 48.4 Å². The molecule has 0 aliphatic carbocycles. The average Bonchev–Trinajstić information content (AvgIpc) is 2.37. The van der Waals surface area contributed by atoms with E-state index in [-0.39, 0.29) is 17.2 Å². The molecule has 0 amide bonds. The van der Waals surface area contributed by atoms with Crippen LogP contribution in [0.4, 0.5) is 4.39 Å². The predicted molar refractivity (Wildman–Crippen MR) is 75.6 cm³/mol. The lowest BCUT2D eigenvalue weighted by atomic mass is 10.0. The van der Waals surface area contributed by atoms with Crippen molar-refractivity contribution in [3.05, 3.63) is 69.0 Å². The summed E-state index contributed by atoms with van der Waals surface area (Å²) in [6.45, 7) is 1.83. The molecule has 0 heterocycles. The number of rotatable bonds is 3. The van der Waals surface area contributed by atoms with Gasteiger partial charge >= 0.3 is 0 Å². The van der Waals surface area contributed by atoms with E-state index < -0.39 is 5.82 Å². The van der Waals surface area contributed by atoms with Crippen molar-refractivity contribution < 1.29 is 9.18 Å². The molecule has 0 aliphatic heterocycles. The number of hydrogen-bond donors (Lipinski definition) is 0. The topological polar surface area (TPSA) is 17.1 Å². The van der Waals surface area contributed by atoms with Gasteiger partial charge in [0.2, 0.25) is 0 Å². The zero-order valence-corrected chi connectivity index (χ0v) is 11.7. The van der Waals surface area contributed by atoms with Crippen LogP contribution >= 0.6 is 23.2 Å². The minimum absolute atomic E-state index is 0.0542. The highest BCUT2D eigenvalue weighted by molar-refractivity contribution is 6.31. The van der Waals surface area contributed by atoms with Crippen LogP contribution in [0.1, 0.15) is 21.5 Å². The lowest BCUT2D eigenvalue weighted by Crippen LogP contribution is -2.04. The number of hydrogen-bond acceptors (Lipinski definition) is 1. The van der Waals surface area contributed by atoms with Gasteiger partial charge in [0, 0.05) is 17.0 Å². The Bertz CT molecular complexity index is 638. The van der Waals surface area contributed by atoms with Gasteiger partial charge in [-0.15, -0.1) is 0 Å². The Kier molecular flexibility index (Phi) is 4.23. The first-order valence-electron chi connectivity index (χ1n) is 5.70. The molecule has 0 spiro atoms. The van der Waals surface area contributed by atoms with E-state index in [1.165, 1.54) is 12.1 Å². The van der Waals surface area contributed by atoms with Gasteiger partial charge in [0.1, 0.15) is 5.82 Å². The summed E-state index contributed by atoms with van der Waals surface area (Å²) >= 11 is 11.5. The van der Waals surface area contributed by atoms with Crippen LogP contribution in [-0.4, -0.2) is 5.78 Å². The third kappa shape index (κ3) is 3.34. The Balaban J connectivity index is 2.20. The summed E-state index contributed by atoms with van der Waals surface area (Å²) in [6.07, 6.45) is 0.134. The van der Waals surface area contributed by atoms with Crippen molar-refractivity contribution in [2.24, 2.45) is 0 Å². The first kappa shape index (κ1) is 14.0. The molecule has 98 valence electrons. The van der Waals surface area contributed by atoms with Crippen molar-refractivity contribution in [1.82, 2.24) is 0 Å². The van der Waals surface area contributed by atoms with E-state index in [9.17, 15) is 9.18 Å². The van der Waals surface area contributed by atoms with Crippen molar-refractivity contribution in [1.29, 1.82) is 0 Å². The van der Waals surface area contributed by atoms with Crippen LogP contribution in [-0.2, 0) is 6.42 Å². The Morgan fingerprint density at radius 2 is 1.79 bits per heavy atom. The molecule has 2 rings (SSSR count). The molecule has 0 saturated heterocycles. The highest BCUT2D eigenvalue weighted by Gasteiger charge is 2.10. The van der Waals surface area contributed by atoms with Gasteiger partial charge in [-0.25, -0.2) is 4.39 Å². The fourth-order valence-electron chi connectivity index (χ4n) is 1.76. The van der Waals surface area contributed by atoms with Crippen LogP contribution in [0.3, 0.4) is 0 Å². The van der Waals surface area contributed by atoms with E-state index >= 15 is 0 Å². The summed E-state index contributed by atoms with van der Waals surface area (Å²) < 4.78 is 13.3. The number of carbonyl (C=O) groups excluding carboxylic acids is 1. The van der Waals surface area contributed by atoms with Crippen molar-refractivity contribution in [2.75, 3.05) is 0 Å². The zero-order chi connectivity index (χ0) is 14.0. The maximum atomic E-state index is 13.3. The van der Waals surface area contributed by atoms with E-state index in [0.717, 1.165) is 5.56 Å². The number of carbonyl (C=O) groups is 1. The molecule has 0 bridgehead atoms. The smallest absolute Gasteiger partial charge is 0.167 e. The second-order valence-corrected chi connectivity index (χ2v) is 5.13. The molecule has 0 N–H and O–H groups in total. The second-order valence-electron chi connectivity index (χ2n) is 4.31. The molecule has 0 aliphatic rings. The SMILES string of the molecule is Cc1cc(C(=O)Cc2ccc(Cl)c(F)c2)ccc1Cl. The van der Waals surface area contributed by atoms with Crippen LogP contribution in [0.5, 0.6) is 0 Å². The highest BCUT2D eigenvalue weighted by Crippen LogP contribution is 2.19. The van der Waals surface area contributed by atoms with Crippen molar-refractivity contribution >= 4 is 29.0 Å². The number of halogens is 3. The second kappa shape index (κ2) is 5.72. The molecular weight excluding hydrogens is 286 g/mol. The van der Waals surface area contributed by atoms with Gasteiger partial charge in [0.25, 0.3) is 0 Å². The van der Waals surface area contributed by atoms with E-state index in [2.05, 4.69) is 0 Å². The number of aryl methyl sites for hydroxylation is 1. The summed E-state index contributed by atoms with van der Waals surface area (Å²) in [4.78, 5) is 12.1. The highest BCUT2D eigenvalue weighted by atomic mass is 35.5. The summed E-state index contributed by atoms with van der Waals surface area (Å²) in [5.74, 6) is -0.597. The van der Waals surface area contributed by atoms with E-state index in [0.29, 0.717) is 16.1 Å². The average molecular weight is 297 g/mol. The van der Waals surface area contributed by atoms with Crippen LogP contribution < -0.4 is 0 Å². The van der Waals surface area contributed by atoms with Gasteiger partial charge in [0.05, 0.1) is 5.02 Å². The monoisotopic (exact) mass is 296 g/mol. The largest absolute Gasteiger partial charge is 0.294 e. The Morgan fingerprint density at radius 1 is 1.11 bits per heavy atom. The van der Waals surface area contributed by atoms with Crippen LogP contribution in [0.15, 0.2) is 36.4 Å². The number of benzene rings is 2. The fraction of sp³-hybridized carbons (Fsp3) is 0.133. The lowest BCUT2D eigenvalue weighted by molar-refractivity contribution is 0.0993. The van der Waals surface area contributed by atoms with E-state index in [1.807, 2.05) is 6.92 Å². The van der Waals surface area contributed by atoms with Crippen LogP contribution in [0.25, 0.3) is 0 Å². The predicted octanol–water partition coefficient (Wildman–Crippen LogP) is 4.87. The van der Waals surface area contributed by atoms with E-state index in [1.54, 1.807) is 24.3 Å². The summed E-state index contributed by atoms with van der Waals surface area (Å²) in [6, 6.07) is 9.47. The first-order chi connectivity index (χ1) is 8.97. The maximum Gasteiger partial charge on any atom is 0.167 e. The molecule has 1 nitrogen and oxygen atoms in total. The molecule has 0 aromatic heterocycles. The van der Waals surface area contributed by atoms with Crippen LogP contribution in [0, 0.1) is 12.7 Å². The van der Waals surface area contributed by atoms with Gasteiger partial charge in [0.15, 0.2) is 5.78 Å². The standard InChI is InChI=1S/C15H11Cl2FO/c1-9-6-11(3-5-12(9)16)15(19)8-10-2-4-13(17)14(18)7-10/h2-7H,8H2,1H3. The normalized spacial score (nSPS) is 10.5. The Hall–Kier alpha value is -1.38. The molecule has 2 aromatic carbocycles. The van der Waals surface area contributed by atoms with Gasteiger partial charge in [-0.3, -0.25) is 4.79 Å². The van der Waals surface area contributed by atoms with Gasteiger partial charge < -0.3 is 0 Å². The first-order valence-corrected chi connectivity index (χ1v) is 6.46. The van der Waals surface area contributed by atoms with Gasteiger partial charge in [-0.1, -0.05) is 29.3 Å². The molecule has 2 aromatic rings. The van der Waals surface area contributed by atoms with Crippen molar-refractivity contribution in [3.63, 3.8) is 0 Å². The molecule has 0 radical (unpaired) electrons. The van der Waals surface area contributed by atoms with Gasteiger partial charge in [-0.2, -0.15) is 0 Å². The molecule has 0 saturated carbocycles. The lowest BCUT2D eigenvalue weighted by Gasteiger charge is -2.05. The quantitative estimate of drug-likeness (QED) is 0.739. The summed E-state index contributed by atoms with van der Waals surface area (Å²) in [7, 11) is 0. The third-order valence-electron chi connectivity index (χ3n) is 2.83. The van der Waals surface area contributed by atoms with Crippen LogP contribution in [0.2, 0.25) is 10.0 Å². The fourth-order valence-corrected chi connectivity index (χ4v) is 1.99. The van der Waals surface area contributed by atoms with Crippen molar-refractivity contribution in [3.8, 4) is 0 Å². The summed E-state index contributed by atoms with van der Waals surface area (Å²) in [5, 5.41) is 0.674. The molecular formula is C15H11Cl2FO. The molecule has 19 heavy (non-hydrogen) atoms. The Morgan fingerprint density at radius 3 is 2.42 bits per heavy atom. The molecule has 0 fully saturated rings. The molecule has 4 heteroatoms. The molecule has 0 unspecified atom stereocenters. The number of ketones is 1.